The highest BCUT2D eigenvalue weighted by Crippen LogP contribution is 2.38. The van der Waals surface area contributed by atoms with Crippen molar-refractivity contribution in [3.8, 4) is 11.5 Å². The molecule has 1 aliphatic heterocycles. The summed E-state index contributed by atoms with van der Waals surface area (Å²) < 4.78 is 34.4. The van der Waals surface area contributed by atoms with Crippen LogP contribution in [-0.4, -0.2) is 33.8 Å². The van der Waals surface area contributed by atoms with Gasteiger partial charge in [0.2, 0.25) is 10.0 Å². The van der Waals surface area contributed by atoms with E-state index in [1.807, 2.05) is 4.72 Å². The lowest BCUT2D eigenvalue weighted by Crippen LogP contribution is -2.29. The molecule has 0 bridgehead atoms. The van der Waals surface area contributed by atoms with Gasteiger partial charge in [-0.2, -0.15) is 0 Å². The van der Waals surface area contributed by atoms with E-state index in [0.29, 0.717) is 24.7 Å². The molecule has 1 aliphatic rings. The Hall–Kier alpha value is -1.47. The van der Waals surface area contributed by atoms with Gasteiger partial charge in [0, 0.05) is 5.56 Å². The van der Waals surface area contributed by atoms with Crippen molar-refractivity contribution in [2.75, 3.05) is 19.5 Å². The molecule has 0 radical (unpaired) electrons. The second-order valence-corrected chi connectivity index (χ2v) is 5.84. The van der Waals surface area contributed by atoms with E-state index in [-0.39, 0.29) is 10.6 Å². The fourth-order valence-corrected chi connectivity index (χ4v) is 2.19. The van der Waals surface area contributed by atoms with Gasteiger partial charge in [0.15, 0.2) is 11.5 Å². The van der Waals surface area contributed by atoms with Crippen LogP contribution in [0.1, 0.15) is 10.4 Å². The molecule has 0 aliphatic carbocycles. The maximum absolute atomic E-state index is 11.7. The third-order valence-corrected chi connectivity index (χ3v) is 2.97. The zero-order valence-corrected chi connectivity index (χ0v) is 11.0. The summed E-state index contributed by atoms with van der Waals surface area (Å²) in [6, 6.07) is 2.72. The zero-order valence-electron chi connectivity index (χ0n) is 9.40. The third kappa shape index (κ3) is 2.85. The number of carbonyl (C=O) groups is 1. The summed E-state index contributed by atoms with van der Waals surface area (Å²) in [5.74, 6) is -0.0809. The molecule has 1 N–H and O–H groups in total. The molecule has 0 saturated carbocycles. The van der Waals surface area contributed by atoms with E-state index in [1.54, 1.807) is 0 Å². The second-order valence-electron chi connectivity index (χ2n) is 3.69. The largest absolute Gasteiger partial charge is 0.486 e. The summed E-state index contributed by atoms with van der Waals surface area (Å²) in [7, 11) is -3.62. The second kappa shape index (κ2) is 4.66. The number of halogens is 1. The van der Waals surface area contributed by atoms with Gasteiger partial charge in [-0.25, -0.2) is 13.1 Å². The van der Waals surface area contributed by atoms with Gasteiger partial charge in [-0.1, -0.05) is 11.6 Å². The van der Waals surface area contributed by atoms with Gasteiger partial charge in [0.25, 0.3) is 5.91 Å². The number of sulfonamides is 1. The Balaban J connectivity index is 2.35. The maximum atomic E-state index is 11.7. The van der Waals surface area contributed by atoms with Crippen LogP contribution in [0.3, 0.4) is 0 Å². The van der Waals surface area contributed by atoms with Gasteiger partial charge < -0.3 is 9.47 Å². The standard InChI is InChI=1S/C10H10ClNO5S/c1-18(14,15)12-10(13)6-4-7(11)9-8(5-6)16-2-3-17-9/h4-5H,2-3H2,1H3,(H,12,13). The minimum atomic E-state index is -3.62. The number of hydrogen-bond acceptors (Lipinski definition) is 5. The molecule has 98 valence electrons. The van der Waals surface area contributed by atoms with Crippen LogP contribution in [0.15, 0.2) is 12.1 Å². The Labute approximate surface area is 109 Å². The lowest BCUT2D eigenvalue weighted by molar-refractivity contribution is 0.0980. The first kappa shape index (κ1) is 13.0. The molecule has 8 heteroatoms. The van der Waals surface area contributed by atoms with Crippen LogP contribution in [0.25, 0.3) is 0 Å². The Morgan fingerprint density at radius 2 is 2.00 bits per heavy atom. The van der Waals surface area contributed by atoms with E-state index < -0.39 is 15.9 Å². The number of fused-ring (bicyclic) bond motifs is 1. The fourth-order valence-electron chi connectivity index (χ4n) is 1.47. The van der Waals surface area contributed by atoms with E-state index in [4.69, 9.17) is 21.1 Å². The Morgan fingerprint density at radius 1 is 1.33 bits per heavy atom. The number of nitrogens with one attached hydrogen (secondary N) is 1. The Morgan fingerprint density at radius 3 is 2.67 bits per heavy atom. The lowest BCUT2D eigenvalue weighted by atomic mass is 10.2. The average Bonchev–Trinajstić information content (AvgIpc) is 2.26. The summed E-state index contributed by atoms with van der Waals surface area (Å²) in [5.41, 5.74) is 0.0923. The first-order chi connectivity index (χ1) is 8.37. The monoisotopic (exact) mass is 291 g/mol. The lowest BCUT2D eigenvalue weighted by Gasteiger charge is -2.20. The average molecular weight is 292 g/mol. The number of carbonyl (C=O) groups excluding carboxylic acids is 1. The van der Waals surface area contributed by atoms with Gasteiger partial charge in [-0.3, -0.25) is 4.79 Å². The van der Waals surface area contributed by atoms with Crippen molar-refractivity contribution in [3.63, 3.8) is 0 Å². The van der Waals surface area contributed by atoms with Gasteiger partial charge in [0.05, 0.1) is 11.3 Å². The van der Waals surface area contributed by atoms with Crippen LogP contribution in [0, 0.1) is 0 Å². The third-order valence-electron chi connectivity index (χ3n) is 2.14. The van der Waals surface area contributed by atoms with E-state index in [1.165, 1.54) is 12.1 Å². The van der Waals surface area contributed by atoms with Crippen LogP contribution in [0.4, 0.5) is 0 Å². The number of benzene rings is 1. The summed E-state index contributed by atoms with van der Waals surface area (Å²) >= 11 is 5.93. The maximum Gasteiger partial charge on any atom is 0.264 e. The molecule has 1 heterocycles. The summed E-state index contributed by atoms with van der Waals surface area (Å²) in [4.78, 5) is 11.7. The summed E-state index contributed by atoms with van der Waals surface area (Å²) in [6.07, 6.45) is 0.893. The molecule has 0 fully saturated rings. The number of hydrogen-bond donors (Lipinski definition) is 1. The molecular formula is C10H10ClNO5S. The molecule has 18 heavy (non-hydrogen) atoms. The minimum Gasteiger partial charge on any atom is -0.486 e. The van der Waals surface area contributed by atoms with Gasteiger partial charge >= 0.3 is 0 Å². The predicted octanol–water partition coefficient (Wildman–Crippen LogP) is 0.801. The predicted molar refractivity (Wildman–Crippen MR) is 64.8 cm³/mol. The number of ether oxygens (including phenoxy) is 2. The molecule has 0 atom stereocenters. The summed E-state index contributed by atoms with van der Waals surface area (Å²) in [5, 5.41) is 0.200. The Bertz CT molecular complexity index is 599. The highest BCUT2D eigenvalue weighted by Gasteiger charge is 2.20. The topological polar surface area (TPSA) is 81.7 Å². The van der Waals surface area contributed by atoms with Gasteiger partial charge in [-0.15, -0.1) is 0 Å². The van der Waals surface area contributed by atoms with Crippen molar-refractivity contribution in [1.82, 2.24) is 4.72 Å². The van der Waals surface area contributed by atoms with Crippen molar-refractivity contribution >= 4 is 27.5 Å². The smallest absolute Gasteiger partial charge is 0.264 e. The molecule has 6 nitrogen and oxygen atoms in total. The molecule has 1 amide bonds. The van der Waals surface area contributed by atoms with E-state index in [0.717, 1.165) is 6.26 Å². The van der Waals surface area contributed by atoms with Crippen LogP contribution in [0.5, 0.6) is 11.5 Å². The van der Waals surface area contributed by atoms with Crippen LogP contribution >= 0.6 is 11.6 Å². The van der Waals surface area contributed by atoms with Crippen LogP contribution < -0.4 is 14.2 Å². The zero-order chi connectivity index (χ0) is 13.3. The Kier molecular flexibility index (Phi) is 3.36. The van der Waals surface area contributed by atoms with Crippen molar-refractivity contribution in [1.29, 1.82) is 0 Å². The van der Waals surface area contributed by atoms with E-state index in [9.17, 15) is 13.2 Å². The van der Waals surface area contributed by atoms with Gasteiger partial charge in [-0.05, 0) is 12.1 Å². The minimum absolute atomic E-state index is 0.0923. The molecule has 1 aromatic rings. The van der Waals surface area contributed by atoms with Crippen molar-refractivity contribution in [2.45, 2.75) is 0 Å². The fraction of sp³-hybridized carbons (Fsp3) is 0.300. The normalized spacial score (nSPS) is 14.1. The SMILES string of the molecule is CS(=O)(=O)NC(=O)c1cc(Cl)c2c(c1)OCCO2. The number of amides is 1. The summed E-state index contributed by atoms with van der Waals surface area (Å²) in [6.45, 7) is 0.724. The highest BCUT2D eigenvalue weighted by atomic mass is 35.5. The number of rotatable bonds is 2. The van der Waals surface area contributed by atoms with E-state index >= 15 is 0 Å². The molecular weight excluding hydrogens is 282 g/mol. The first-order valence-corrected chi connectivity index (χ1v) is 7.25. The highest BCUT2D eigenvalue weighted by molar-refractivity contribution is 7.89. The molecule has 0 unspecified atom stereocenters. The van der Waals surface area contributed by atoms with Crippen molar-refractivity contribution in [3.05, 3.63) is 22.7 Å². The van der Waals surface area contributed by atoms with Crippen LogP contribution in [0.2, 0.25) is 5.02 Å². The molecule has 2 rings (SSSR count). The van der Waals surface area contributed by atoms with Crippen LogP contribution in [-0.2, 0) is 10.0 Å². The molecule has 1 aromatic carbocycles. The molecule has 0 spiro atoms. The first-order valence-electron chi connectivity index (χ1n) is 4.98. The molecule has 0 aromatic heterocycles. The quantitative estimate of drug-likeness (QED) is 0.871. The molecule has 0 saturated heterocycles. The van der Waals surface area contributed by atoms with Crippen molar-refractivity contribution < 1.29 is 22.7 Å². The van der Waals surface area contributed by atoms with Gasteiger partial charge in [0.1, 0.15) is 13.2 Å². The van der Waals surface area contributed by atoms with Crippen molar-refractivity contribution in [2.24, 2.45) is 0 Å². The van der Waals surface area contributed by atoms with E-state index in [2.05, 4.69) is 0 Å².